The van der Waals surface area contributed by atoms with Gasteiger partial charge in [0.25, 0.3) is 0 Å². The largest absolute Gasteiger partial charge is 0.310 e. The van der Waals surface area contributed by atoms with Gasteiger partial charge < -0.3 is 5.32 Å². The van der Waals surface area contributed by atoms with Crippen LogP contribution in [0.3, 0.4) is 0 Å². The molecule has 1 aromatic rings. The van der Waals surface area contributed by atoms with E-state index < -0.39 is 0 Å². The predicted octanol–water partition coefficient (Wildman–Crippen LogP) is 4.16. The Morgan fingerprint density at radius 3 is 2.55 bits per heavy atom. The molecule has 1 fully saturated rings. The van der Waals surface area contributed by atoms with E-state index in [2.05, 4.69) is 43.6 Å². The Hall–Kier alpha value is -0.830. The Balaban J connectivity index is 2.03. The first-order valence-electron chi connectivity index (χ1n) is 8.54. The summed E-state index contributed by atoms with van der Waals surface area (Å²) >= 11 is 0. The fourth-order valence-electron chi connectivity index (χ4n) is 3.50. The SMILES string of the molecule is CCCNC(c1cnn(CC)c1)C1CCC(CC)CC1. The predicted molar refractivity (Wildman–Crippen MR) is 84.7 cm³/mol. The van der Waals surface area contributed by atoms with Gasteiger partial charge >= 0.3 is 0 Å². The summed E-state index contributed by atoms with van der Waals surface area (Å²) in [7, 11) is 0. The lowest BCUT2D eigenvalue weighted by molar-refractivity contribution is 0.218. The van der Waals surface area contributed by atoms with Crippen LogP contribution in [0, 0.1) is 11.8 Å². The average molecular weight is 277 g/mol. The van der Waals surface area contributed by atoms with Crippen molar-refractivity contribution in [2.45, 2.75) is 71.9 Å². The molecule has 1 aromatic heterocycles. The number of hydrogen-bond donors (Lipinski definition) is 1. The van der Waals surface area contributed by atoms with Crippen molar-refractivity contribution in [1.29, 1.82) is 0 Å². The van der Waals surface area contributed by atoms with Crippen LogP contribution in [0.15, 0.2) is 12.4 Å². The zero-order valence-corrected chi connectivity index (χ0v) is 13.4. The van der Waals surface area contributed by atoms with E-state index in [1.165, 1.54) is 44.1 Å². The number of nitrogens with one attached hydrogen (secondary N) is 1. The molecule has 3 heteroatoms. The lowest BCUT2D eigenvalue weighted by Crippen LogP contribution is -2.31. The van der Waals surface area contributed by atoms with Gasteiger partial charge in [0.15, 0.2) is 0 Å². The van der Waals surface area contributed by atoms with Crippen molar-refractivity contribution in [3.05, 3.63) is 18.0 Å². The van der Waals surface area contributed by atoms with E-state index in [-0.39, 0.29) is 0 Å². The number of rotatable bonds is 7. The van der Waals surface area contributed by atoms with Crippen LogP contribution in [0.5, 0.6) is 0 Å². The van der Waals surface area contributed by atoms with Gasteiger partial charge in [0.1, 0.15) is 0 Å². The third-order valence-corrected chi connectivity index (χ3v) is 4.89. The molecule has 1 N–H and O–H groups in total. The van der Waals surface area contributed by atoms with Gasteiger partial charge in [-0.3, -0.25) is 4.68 Å². The Bertz CT molecular complexity index is 377. The highest BCUT2D eigenvalue weighted by molar-refractivity contribution is 5.12. The Labute approximate surface area is 124 Å². The molecule has 1 atom stereocenters. The van der Waals surface area contributed by atoms with Crippen LogP contribution in [0.1, 0.15) is 70.9 Å². The molecular formula is C17H31N3. The minimum Gasteiger partial charge on any atom is -0.310 e. The molecule has 0 spiro atoms. The number of aromatic nitrogens is 2. The molecule has 2 rings (SSSR count). The molecule has 3 nitrogen and oxygen atoms in total. The van der Waals surface area contributed by atoms with Crippen molar-refractivity contribution in [1.82, 2.24) is 15.1 Å². The summed E-state index contributed by atoms with van der Waals surface area (Å²) < 4.78 is 2.05. The van der Waals surface area contributed by atoms with Crippen LogP contribution in [-0.2, 0) is 6.54 Å². The fourth-order valence-corrected chi connectivity index (χ4v) is 3.50. The van der Waals surface area contributed by atoms with Crippen molar-refractivity contribution in [2.24, 2.45) is 11.8 Å². The molecule has 0 aromatic carbocycles. The smallest absolute Gasteiger partial charge is 0.0537 e. The van der Waals surface area contributed by atoms with Gasteiger partial charge in [0.05, 0.1) is 6.20 Å². The Kier molecular flexibility index (Phi) is 6.08. The minimum atomic E-state index is 0.507. The minimum absolute atomic E-state index is 0.507. The summed E-state index contributed by atoms with van der Waals surface area (Å²) in [6, 6.07) is 0.507. The highest BCUT2D eigenvalue weighted by Crippen LogP contribution is 2.37. The zero-order chi connectivity index (χ0) is 14.4. The summed E-state index contributed by atoms with van der Waals surface area (Å²) in [5.41, 5.74) is 1.39. The summed E-state index contributed by atoms with van der Waals surface area (Å²) in [5, 5.41) is 8.24. The molecule has 1 aliphatic rings. The number of aryl methyl sites for hydroxylation is 1. The maximum Gasteiger partial charge on any atom is 0.0537 e. The second-order valence-electron chi connectivity index (χ2n) is 6.25. The summed E-state index contributed by atoms with van der Waals surface area (Å²) in [4.78, 5) is 0. The van der Waals surface area contributed by atoms with Crippen molar-refractivity contribution in [3.8, 4) is 0 Å². The van der Waals surface area contributed by atoms with Crippen LogP contribution in [0.2, 0.25) is 0 Å². The van der Waals surface area contributed by atoms with Crippen molar-refractivity contribution < 1.29 is 0 Å². The molecule has 0 amide bonds. The molecular weight excluding hydrogens is 246 g/mol. The lowest BCUT2D eigenvalue weighted by Gasteiger charge is -2.34. The molecule has 1 heterocycles. The maximum atomic E-state index is 4.47. The van der Waals surface area contributed by atoms with Gasteiger partial charge in [0.2, 0.25) is 0 Å². The van der Waals surface area contributed by atoms with Gasteiger partial charge in [-0.05, 0) is 44.6 Å². The number of nitrogens with zero attached hydrogens (tertiary/aromatic N) is 2. The van der Waals surface area contributed by atoms with E-state index in [1.54, 1.807) is 0 Å². The van der Waals surface area contributed by atoms with Gasteiger partial charge in [0, 0.05) is 24.3 Å². The molecule has 1 saturated carbocycles. The molecule has 0 radical (unpaired) electrons. The first-order chi connectivity index (χ1) is 9.78. The van der Waals surface area contributed by atoms with Crippen molar-refractivity contribution in [3.63, 3.8) is 0 Å². The van der Waals surface area contributed by atoms with Crippen LogP contribution in [-0.4, -0.2) is 16.3 Å². The topological polar surface area (TPSA) is 29.9 Å². The molecule has 1 unspecified atom stereocenters. The molecule has 1 aliphatic carbocycles. The highest BCUT2D eigenvalue weighted by atomic mass is 15.3. The molecule has 114 valence electrons. The standard InChI is InChI=1S/C17H31N3/c1-4-11-18-17(16-12-19-20(6-3)13-16)15-9-7-14(5-2)8-10-15/h12-15,17-18H,4-11H2,1-3H3. The third kappa shape index (κ3) is 3.85. The Morgan fingerprint density at radius 2 is 2.00 bits per heavy atom. The molecule has 0 bridgehead atoms. The first kappa shape index (κ1) is 15.6. The van der Waals surface area contributed by atoms with E-state index in [9.17, 15) is 0 Å². The summed E-state index contributed by atoms with van der Waals surface area (Å²) in [6.07, 6.45) is 12.4. The monoisotopic (exact) mass is 277 g/mol. The van der Waals surface area contributed by atoms with E-state index >= 15 is 0 Å². The Morgan fingerprint density at radius 1 is 1.25 bits per heavy atom. The molecule has 0 aliphatic heterocycles. The van der Waals surface area contributed by atoms with E-state index in [4.69, 9.17) is 0 Å². The van der Waals surface area contributed by atoms with Gasteiger partial charge in [-0.15, -0.1) is 0 Å². The van der Waals surface area contributed by atoms with E-state index in [0.29, 0.717) is 6.04 Å². The van der Waals surface area contributed by atoms with Gasteiger partial charge in [-0.2, -0.15) is 5.10 Å². The van der Waals surface area contributed by atoms with Crippen LogP contribution in [0.25, 0.3) is 0 Å². The summed E-state index contributed by atoms with van der Waals surface area (Å²) in [5.74, 6) is 1.76. The van der Waals surface area contributed by atoms with Crippen LogP contribution >= 0.6 is 0 Å². The van der Waals surface area contributed by atoms with Crippen LogP contribution < -0.4 is 5.32 Å². The third-order valence-electron chi connectivity index (χ3n) is 4.89. The van der Waals surface area contributed by atoms with Crippen LogP contribution in [0.4, 0.5) is 0 Å². The number of hydrogen-bond acceptors (Lipinski definition) is 2. The fraction of sp³-hybridized carbons (Fsp3) is 0.824. The normalized spacial score (nSPS) is 24.8. The quantitative estimate of drug-likeness (QED) is 0.811. The van der Waals surface area contributed by atoms with Crippen molar-refractivity contribution in [2.75, 3.05) is 6.54 Å². The second kappa shape index (κ2) is 7.82. The van der Waals surface area contributed by atoms with Gasteiger partial charge in [-0.25, -0.2) is 0 Å². The van der Waals surface area contributed by atoms with Crippen molar-refractivity contribution >= 4 is 0 Å². The average Bonchev–Trinajstić information content (AvgIpc) is 2.97. The lowest BCUT2D eigenvalue weighted by atomic mass is 9.76. The highest BCUT2D eigenvalue weighted by Gasteiger charge is 2.28. The zero-order valence-electron chi connectivity index (χ0n) is 13.4. The molecule has 20 heavy (non-hydrogen) atoms. The van der Waals surface area contributed by atoms with Gasteiger partial charge in [-0.1, -0.05) is 33.1 Å². The second-order valence-corrected chi connectivity index (χ2v) is 6.25. The molecule has 0 saturated heterocycles. The maximum absolute atomic E-state index is 4.47. The van der Waals surface area contributed by atoms with E-state index in [0.717, 1.165) is 24.9 Å². The van der Waals surface area contributed by atoms with E-state index in [1.807, 2.05) is 4.68 Å². The summed E-state index contributed by atoms with van der Waals surface area (Å²) in [6.45, 7) is 8.80. The first-order valence-corrected chi connectivity index (χ1v) is 8.54.